The Labute approximate surface area is 597 Å². The average molecular weight is 1400 g/mol. The van der Waals surface area contributed by atoms with Crippen LogP contribution in [0.4, 0.5) is 0 Å². The van der Waals surface area contributed by atoms with E-state index < -0.39 is 124 Å². The molecule has 0 bridgehead atoms. The van der Waals surface area contributed by atoms with Crippen LogP contribution < -0.4 is 5.32 Å². The third-order valence-corrected chi connectivity index (χ3v) is 19.2. The van der Waals surface area contributed by atoms with E-state index in [4.69, 9.17) is 28.4 Å². The molecule has 1 amide bonds. The van der Waals surface area contributed by atoms with E-state index in [0.717, 1.165) is 96.3 Å². The number of aliphatic hydroxyl groups excluding tert-OH is 11. The molecule has 0 spiro atoms. The summed E-state index contributed by atoms with van der Waals surface area (Å²) in [7, 11) is 0. The molecule has 3 saturated heterocycles. The van der Waals surface area contributed by atoms with Crippen molar-refractivity contribution in [2.45, 2.75) is 388 Å². The normalized spacial score (nSPS) is 27.1. The van der Waals surface area contributed by atoms with Crippen LogP contribution in [0.5, 0.6) is 0 Å². The lowest BCUT2D eigenvalue weighted by Crippen LogP contribution is -2.66. The predicted molar refractivity (Wildman–Crippen MR) is 392 cm³/mol. The molecule has 3 fully saturated rings. The van der Waals surface area contributed by atoms with Crippen molar-refractivity contribution in [1.29, 1.82) is 0 Å². The summed E-state index contributed by atoms with van der Waals surface area (Å²) < 4.78 is 34.5. The Balaban J connectivity index is 1.33. The zero-order chi connectivity index (χ0) is 71.8. The second-order valence-corrected chi connectivity index (χ2v) is 27.8. The Hall–Kier alpha value is -3.03. The Morgan fingerprint density at radius 1 is 0.374 bits per heavy atom. The lowest BCUT2D eigenvalue weighted by atomic mass is 9.96. The fraction of sp³-hybridized carbons (Fsp3) is 0.812. The van der Waals surface area contributed by atoms with Gasteiger partial charge in [0, 0.05) is 6.42 Å². The second-order valence-electron chi connectivity index (χ2n) is 27.8. The smallest absolute Gasteiger partial charge is 0.220 e. The van der Waals surface area contributed by atoms with Gasteiger partial charge in [-0.25, -0.2) is 0 Å². The van der Waals surface area contributed by atoms with Gasteiger partial charge in [-0.2, -0.15) is 0 Å². The first-order valence-corrected chi connectivity index (χ1v) is 39.3. The van der Waals surface area contributed by atoms with Gasteiger partial charge in [-0.15, -0.1) is 0 Å². The molecule has 3 aliphatic rings. The average Bonchev–Trinajstić information content (AvgIpc) is 0.786. The van der Waals surface area contributed by atoms with Gasteiger partial charge in [0.15, 0.2) is 18.9 Å². The van der Waals surface area contributed by atoms with Crippen LogP contribution in [0.15, 0.2) is 85.1 Å². The summed E-state index contributed by atoms with van der Waals surface area (Å²) in [4.78, 5) is 13.5. The number of aliphatic hydroxyl groups is 11. The van der Waals surface area contributed by atoms with Crippen molar-refractivity contribution in [2.75, 3.05) is 26.4 Å². The number of ether oxygens (including phenoxy) is 6. The highest BCUT2D eigenvalue weighted by molar-refractivity contribution is 5.76. The molecule has 12 N–H and O–H groups in total. The number of unbranched alkanes of at least 4 members (excludes halogenated alkanes) is 31. The minimum Gasteiger partial charge on any atom is -0.394 e. The first-order chi connectivity index (χ1) is 48.3. The molecule has 99 heavy (non-hydrogen) atoms. The van der Waals surface area contributed by atoms with Crippen molar-refractivity contribution in [1.82, 2.24) is 5.32 Å². The maximum atomic E-state index is 13.5. The SMILES string of the molecule is CC/C=C\C/C=C\C/C=C\C/C=C\C/C=C\C/C=C\C/C=C\CCCCCCCCCCCCCCCCCC(=O)NC(COC1OC(CO)C(OC2OC(CO)C(OC3OC(CO)C(O)C(O)C3O)C(O)C2O)C(O)C1O)C(O)CCCCCCCCCCCCCCCCCCC. The molecule has 574 valence electrons. The van der Waals surface area contributed by atoms with Gasteiger partial charge >= 0.3 is 0 Å². The van der Waals surface area contributed by atoms with Crippen LogP contribution in [0.25, 0.3) is 0 Å². The second kappa shape index (κ2) is 60.3. The molecule has 0 aliphatic carbocycles. The van der Waals surface area contributed by atoms with Crippen LogP contribution in [0.2, 0.25) is 0 Å². The van der Waals surface area contributed by atoms with Gasteiger partial charge in [0.25, 0.3) is 0 Å². The molecule has 17 unspecified atom stereocenters. The highest BCUT2D eigenvalue weighted by Gasteiger charge is 2.54. The van der Waals surface area contributed by atoms with Gasteiger partial charge in [-0.05, 0) is 70.6 Å². The Morgan fingerprint density at radius 2 is 0.697 bits per heavy atom. The van der Waals surface area contributed by atoms with Crippen molar-refractivity contribution < 1.29 is 89.4 Å². The highest BCUT2D eigenvalue weighted by atomic mass is 16.8. The standard InChI is InChI=1S/C80H141NO18/c1-3-5-7-9-11-13-15-17-19-21-22-23-24-25-26-27-28-29-30-31-32-33-34-35-36-37-38-39-40-42-44-46-48-50-52-54-56-58-68(86)81-63(64(85)57-55-53-51-49-47-45-43-41-20-18-16-14-12-10-8-6-4-2)62-94-78-74(92)71(89)76(66(60-83)96-78)99-80-75(93)72(90)77(67(61-84)97-80)98-79-73(91)70(88)69(87)65(59-82)95-79/h5,7,11,13,17,19,22-23,25-26,28-29,31-32,63-67,69-80,82-85,87-93H,3-4,6,8-10,12,14-16,18,20-21,24,27,30,33-62H2,1-2H3,(H,81,86)/b7-5-,13-11-,19-17-,23-22-,26-25-,29-28-,32-31-. The Bertz CT molecular complexity index is 2120. The molecule has 0 saturated carbocycles. The molecule has 0 aromatic carbocycles. The molecule has 3 heterocycles. The number of carbonyl (C=O) groups is 1. The van der Waals surface area contributed by atoms with E-state index in [1.807, 2.05) is 0 Å². The van der Waals surface area contributed by atoms with Crippen LogP contribution in [0, 0.1) is 0 Å². The van der Waals surface area contributed by atoms with Gasteiger partial charge in [-0.1, -0.05) is 292 Å². The van der Waals surface area contributed by atoms with E-state index in [1.54, 1.807) is 0 Å². The number of hydrogen-bond acceptors (Lipinski definition) is 18. The van der Waals surface area contributed by atoms with E-state index in [-0.39, 0.29) is 18.9 Å². The Kier molecular flexibility index (Phi) is 54.9. The van der Waals surface area contributed by atoms with Crippen LogP contribution in [-0.2, 0) is 33.2 Å². The van der Waals surface area contributed by atoms with Crippen molar-refractivity contribution in [2.24, 2.45) is 0 Å². The largest absolute Gasteiger partial charge is 0.394 e. The topological polar surface area (TPSA) is 307 Å². The van der Waals surface area contributed by atoms with Gasteiger partial charge in [0.1, 0.15) is 73.2 Å². The zero-order valence-electron chi connectivity index (χ0n) is 61.2. The van der Waals surface area contributed by atoms with Gasteiger partial charge < -0.3 is 89.9 Å². The number of rotatable bonds is 61. The number of nitrogens with one attached hydrogen (secondary N) is 1. The summed E-state index contributed by atoms with van der Waals surface area (Å²) in [6.45, 7) is 1.70. The summed E-state index contributed by atoms with van der Waals surface area (Å²) >= 11 is 0. The summed E-state index contributed by atoms with van der Waals surface area (Å²) in [5, 5.41) is 121. The van der Waals surface area contributed by atoms with E-state index in [1.165, 1.54) is 154 Å². The van der Waals surface area contributed by atoms with Crippen LogP contribution >= 0.6 is 0 Å². The lowest BCUT2D eigenvalue weighted by Gasteiger charge is -2.48. The molecule has 17 atom stereocenters. The molecule has 3 rings (SSSR count). The zero-order valence-corrected chi connectivity index (χ0v) is 61.2. The molecule has 0 aromatic rings. The van der Waals surface area contributed by atoms with Crippen molar-refractivity contribution in [3.05, 3.63) is 85.1 Å². The third-order valence-electron chi connectivity index (χ3n) is 19.2. The van der Waals surface area contributed by atoms with E-state index in [2.05, 4.69) is 104 Å². The Morgan fingerprint density at radius 3 is 1.09 bits per heavy atom. The monoisotopic (exact) mass is 1400 g/mol. The molecular weight excluding hydrogens is 1260 g/mol. The van der Waals surface area contributed by atoms with Gasteiger partial charge in [0.2, 0.25) is 5.91 Å². The fourth-order valence-corrected chi connectivity index (χ4v) is 12.9. The number of allylic oxidation sites excluding steroid dienone is 14. The maximum absolute atomic E-state index is 13.5. The first-order valence-electron chi connectivity index (χ1n) is 39.3. The first kappa shape index (κ1) is 90.2. The molecule has 0 aromatic heterocycles. The predicted octanol–water partition coefficient (Wildman–Crippen LogP) is 12.6. The lowest BCUT2D eigenvalue weighted by molar-refractivity contribution is -0.379. The maximum Gasteiger partial charge on any atom is 0.220 e. The van der Waals surface area contributed by atoms with Crippen LogP contribution in [0.1, 0.15) is 284 Å². The summed E-state index contributed by atoms with van der Waals surface area (Å²) in [6, 6.07) is -0.891. The van der Waals surface area contributed by atoms with Gasteiger partial charge in [0.05, 0.1) is 38.6 Å². The third kappa shape index (κ3) is 40.7. The van der Waals surface area contributed by atoms with Crippen molar-refractivity contribution in [3.63, 3.8) is 0 Å². The van der Waals surface area contributed by atoms with E-state index in [0.29, 0.717) is 12.8 Å². The van der Waals surface area contributed by atoms with E-state index in [9.17, 15) is 61.0 Å². The summed E-state index contributed by atoms with van der Waals surface area (Å²) in [6.07, 6.45) is 52.4. The summed E-state index contributed by atoms with van der Waals surface area (Å²) in [5.74, 6) is -0.243. The number of amides is 1. The molecule has 3 aliphatic heterocycles. The molecule has 19 heteroatoms. The van der Waals surface area contributed by atoms with E-state index >= 15 is 0 Å². The molecule has 19 nitrogen and oxygen atoms in total. The highest BCUT2D eigenvalue weighted by Crippen LogP contribution is 2.33. The summed E-state index contributed by atoms with van der Waals surface area (Å²) in [5.41, 5.74) is 0. The molecule has 0 radical (unpaired) electrons. The van der Waals surface area contributed by atoms with Crippen molar-refractivity contribution >= 4 is 5.91 Å². The quantitative estimate of drug-likeness (QED) is 0.0199. The minimum absolute atomic E-state index is 0.243. The minimum atomic E-state index is -1.97. The number of carbonyl (C=O) groups excluding carboxylic acids is 1. The fourth-order valence-electron chi connectivity index (χ4n) is 12.9. The van der Waals surface area contributed by atoms with Crippen LogP contribution in [-0.4, -0.2) is 193 Å². The number of hydrogen-bond donors (Lipinski definition) is 12. The van der Waals surface area contributed by atoms with Crippen molar-refractivity contribution in [3.8, 4) is 0 Å². The van der Waals surface area contributed by atoms with Gasteiger partial charge in [-0.3, -0.25) is 4.79 Å². The van der Waals surface area contributed by atoms with Crippen LogP contribution in [0.3, 0.4) is 0 Å². The molecular formula is C80H141NO18.